The fourth-order valence-electron chi connectivity index (χ4n) is 5.34. The van der Waals surface area contributed by atoms with Crippen LogP contribution in [0.4, 0.5) is 4.39 Å². The number of carbonyl (C=O) groups excluding carboxylic acids is 3. The van der Waals surface area contributed by atoms with E-state index in [0.29, 0.717) is 48.0 Å². The second kappa shape index (κ2) is 11.4. The molecule has 2 aromatic carbocycles. The first-order valence-corrected chi connectivity index (χ1v) is 13.2. The molecule has 5 rings (SSSR count). The summed E-state index contributed by atoms with van der Waals surface area (Å²) in [6.45, 7) is 1.54. The number of nitrogens with zero attached hydrogens (tertiary/aromatic N) is 5. The summed E-state index contributed by atoms with van der Waals surface area (Å²) in [4.78, 5) is 49.0. The van der Waals surface area contributed by atoms with Gasteiger partial charge in [0.05, 0.1) is 29.5 Å². The van der Waals surface area contributed by atoms with Gasteiger partial charge in [-0.3, -0.25) is 28.5 Å². The Labute approximate surface area is 234 Å². The van der Waals surface area contributed by atoms with E-state index in [2.05, 4.69) is 15.7 Å². The average Bonchev–Trinajstić information content (AvgIpc) is 3.50. The zero-order valence-corrected chi connectivity index (χ0v) is 22.7. The van der Waals surface area contributed by atoms with E-state index in [1.807, 2.05) is 12.1 Å². The molecular weight excluding hydrogens is 533 g/mol. The van der Waals surface area contributed by atoms with Crippen molar-refractivity contribution in [3.8, 4) is 11.1 Å². The number of carboxylic acids is 1. The van der Waals surface area contributed by atoms with E-state index < -0.39 is 30.1 Å². The molecule has 0 saturated carbocycles. The van der Waals surface area contributed by atoms with Crippen molar-refractivity contribution in [1.29, 1.82) is 0 Å². The van der Waals surface area contributed by atoms with Crippen LogP contribution < -0.4 is 10.6 Å². The quantitative estimate of drug-likeness (QED) is 0.296. The Morgan fingerprint density at radius 2 is 1.76 bits per heavy atom. The molecule has 3 N–H and O–H groups in total. The molecule has 4 aromatic rings. The van der Waals surface area contributed by atoms with E-state index in [1.54, 1.807) is 41.9 Å². The van der Waals surface area contributed by atoms with E-state index in [0.717, 1.165) is 16.6 Å². The third-order valence-corrected chi connectivity index (χ3v) is 7.43. The van der Waals surface area contributed by atoms with Gasteiger partial charge in [0.1, 0.15) is 18.9 Å². The van der Waals surface area contributed by atoms with Crippen LogP contribution >= 0.6 is 0 Å². The minimum Gasteiger partial charge on any atom is -0.480 e. The van der Waals surface area contributed by atoms with Crippen LogP contribution in [0, 0.1) is 5.82 Å². The zero-order chi connectivity index (χ0) is 29.3. The predicted octanol–water partition coefficient (Wildman–Crippen LogP) is 1.77. The van der Waals surface area contributed by atoms with Gasteiger partial charge in [-0.25, -0.2) is 4.39 Å². The number of aryl methyl sites for hydroxylation is 1. The summed E-state index contributed by atoms with van der Waals surface area (Å²) in [5, 5.41) is 23.8. The molecule has 2 aromatic heterocycles. The molecule has 1 saturated heterocycles. The molecule has 0 bridgehead atoms. The molecule has 1 aliphatic heterocycles. The highest BCUT2D eigenvalue weighted by Crippen LogP contribution is 2.39. The normalized spacial score (nSPS) is 14.0. The van der Waals surface area contributed by atoms with Gasteiger partial charge in [0.15, 0.2) is 0 Å². The Morgan fingerprint density at radius 3 is 2.46 bits per heavy atom. The standard InChI is InChI=1S/C28H30FN7O5/c1-16(37)35-8-6-17(7-9-35)28-27-19(20-11-23-18(10-21(20)29)12-32-34(23)2)4-3-5-22(27)36(33-28)15-25(39)30-13-24(38)31-14-26(40)41/h3-5,10-12,17H,6-9,13-15H2,1-2H3,(H,30,39)(H,31,38)(H,40,41). The molecule has 0 spiro atoms. The SMILES string of the molecule is CC(=O)N1CCC(c2nn(CC(=O)NCC(=O)NCC(=O)O)c3cccc(-c4cc5c(cnn5C)cc4F)c23)CC1. The molecule has 1 aliphatic rings. The van der Waals surface area contributed by atoms with Crippen LogP contribution in [0.15, 0.2) is 36.5 Å². The maximum atomic E-state index is 15.5. The number of halogens is 1. The Morgan fingerprint density at radius 1 is 1.02 bits per heavy atom. The topological polar surface area (TPSA) is 151 Å². The first kappa shape index (κ1) is 27.7. The number of fused-ring (bicyclic) bond motifs is 2. The lowest BCUT2D eigenvalue weighted by Crippen LogP contribution is -2.40. The molecule has 41 heavy (non-hydrogen) atoms. The average molecular weight is 564 g/mol. The number of nitrogens with one attached hydrogen (secondary N) is 2. The highest BCUT2D eigenvalue weighted by molar-refractivity contribution is 6.00. The third kappa shape index (κ3) is 5.74. The number of amides is 3. The lowest BCUT2D eigenvalue weighted by atomic mass is 9.89. The van der Waals surface area contributed by atoms with Crippen molar-refractivity contribution >= 4 is 45.5 Å². The lowest BCUT2D eigenvalue weighted by molar-refractivity contribution is -0.137. The van der Waals surface area contributed by atoms with Crippen molar-refractivity contribution in [2.75, 3.05) is 26.2 Å². The van der Waals surface area contributed by atoms with Crippen LogP contribution in [0.25, 0.3) is 32.9 Å². The lowest BCUT2D eigenvalue weighted by Gasteiger charge is -2.30. The summed E-state index contributed by atoms with van der Waals surface area (Å²) in [5.74, 6) is -2.74. The summed E-state index contributed by atoms with van der Waals surface area (Å²) in [6, 6.07) is 8.63. The second-order valence-corrected chi connectivity index (χ2v) is 10.1. The van der Waals surface area contributed by atoms with Gasteiger partial charge in [0.25, 0.3) is 0 Å². The Hall–Kier alpha value is -4.81. The number of likely N-dealkylation sites (tertiary alicyclic amines) is 1. The molecule has 0 atom stereocenters. The predicted molar refractivity (Wildman–Crippen MR) is 147 cm³/mol. The number of aliphatic carboxylic acids is 1. The Kier molecular flexibility index (Phi) is 7.68. The first-order chi connectivity index (χ1) is 19.6. The Bertz CT molecular complexity index is 1670. The van der Waals surface area contributed by atoms with Crippen molar-refractivity contribution < 1.29 is 28.7 Å². The van der Waals surface area contributed by atoms with E-state index in [1.165, 1.54) is 10.7 Å². The van der Waals surface area contributed by atoms with Crippen LogP contribution in [0.1, 0.15) is 31.4 Å². The molecule has 0 radical (unpaired) electrons. The van der Waals surface area contributed by atoms with Gasteiger partial charge >= 0.3 is 5.97 Å². The fourth-order valence-corrected chi connectivity index (χ4v) is 5.34. The van der Waals surface area contributed by atoms with E-state index in [9.17, 15) is 19.2 Å². The van der Waals surface area contributed by atoms with E-state index in [-0.39, 0.29) is 24.9 Å². The molecule has 1 fully saturated rings. The van der Waals surface area contributed by atoms with Gasteiger partial charge in [-0.1, -0.05) is 12.1 Å². The van der Waals surface area contributed by atoms with Crippen LogP contribution in [0.3, 0.4) is 0 Å². The third-order valence-electron chi connectivity index (χ3n) is 7.43. The minimum atomic E-state index is -1.19. The summed E-state index contributed by atoms with van der Waals surface area (Å²) < 4.78 is 18.7. The highest BCUT2D eigenvalue weighted by atomic mass is 19.1. The summed E-state index contributed by atoms with van der Waals surface area (Å²) >= 11 is 0. The number of hydrogen-bond acceptors (Lipinski definition) is 6. The number of benzene rings is 2. The number of rotatable bonds is 8. The maximum Gasteiger partial charge on any atom is 0.322 e. The first-order valence-electron chi connectivity index (χ1n) is 13.2. The van der Waals surface area contributed by atoms with Crippen LogP contribution in [0.2, 0.25) is 0 Å². The largest absolute Gasteiger partial charge is 0.480 e. The number of carbonyl (C=O) groups is 4. The summed E-state index contributed by atoms with van der Waals surface area (Å²) in [6.07, 6.45) is 2.94. The minimum absolute atomic E-state index is 0.00939. The Balaban J connectivity index is 1.52. The molecule has 3 heterocycles. The van der Waals surface area contributed by atoms with Crippen molar-refractivity contribution in [1.82, 2.24) is 35.1 Å². The number of hydrogen-bond donors (Lipinski definition) is 3. The van der Waals surface area contributed by atoms with Gasteiger partial charge in [0.2, 0.25) is 17.7 Å². The van der Waals surface area contributed by atoms with Crippen LogP contribution in [-0.4, -0.2) is 79.4 Å². The fraction of sp³-hybridized carbons (Fsp3) is 0.357. The van der Waals surface area contributed by atoms with Gasteiger partial charge in [0, 0.05) is 49.3 Å². The van der Waals surface area contributed by atoms with Crippen LogP contribution in [-0.2, 0) is 32.8 Å². The van der Waals surface area contributed by atoms with Gasteiger partial charge in [-0.2, -0.15) is 10.2 Å². The molecule has 12 nitrogen and oxygen atoms in total. The molecule has 0 unspecified atom stereocenters. The van der Waals surface area contributed by atoms with Crippen molar-refractivity contribution in [2.24, 2.45) is 7.05 Å². The molecule has 3 amide bonds. The smallest absolute Gasteiger partial charge is 0.322 e. The van der Waals surface area contributed by atoms with Crippen molar-refractivity contribution in [2.45, 2.75) is 32.2 Å². The maximum absolute atomic E-state index is 15.5. The zero-order valence-electron chi connectivity index (χ0n) is 22.7. The number of piperidine rings is 1. The summed E-state index contributed by atoms with van der Waals surface area (Å²) in [7, 11) is 1.79. The van der Waals surface area contributed by atoms with Gasteiger partial charge in [-0.15, -0.1) is 0 Å². The molecule has 0 aliphatic carbocycles. The van der Waals surface area contributed by atoms with Crippen LogP contribution in [0.5, 0.6) is 0 Å². The molecule has 214 valence electrons. The van der Waals surface area contributed by atoms with E-state index in [4.69, 9.17) is 10.2 Å². The monoisotopic (exact) mass is 563 g/mol. The van der Waals surface area contributed by atoms with Crippen molar-refractivity contribution in [3.05, 3.63) is 48.0 Å². The summed E-state index contributed by atoms with van der Waals surface area (Å²) in [5.41, 5.74) is 3.12. The van der Waals surface area contributed by atoms with Crippen molar-refractivity contribution in [3.63, 3.8) is 0 Å². The number of aromatic nitrogens is 4. The van der Waals surface area contributed by atoms with Gasteiger partial charge < -0.3 is 20.6 Å². The second-order valence-electron chi connectivity index (χ2n) is 10.1. The molecular formula is C28H30FN7O5. The molecule has 13 heteroatoms. The van der Waals surface area contributed by atoms with E-state index >= 15 is 4.39 Å². The number of carboxylic acid groups (broad SMARTS) is 1. The van der Waals surface area contributed by atoms with Gasteiger partial charge in [-0.05, 0) is 36.6 Å². The highest BCUT2D eigenvalue weighted by Gasteiger charge is 2.28.